The van der Waals surface area contributed by atoms with E-state index in [0.29, 0.717) is 49.0 Å². The topological polar surface area (TPSA) is 84.8 Å². The highest BCUT2D eigenvalue weighted by molar-refractivity contribution is 5.91. The van der Waals surface area contributed by atoms with Crippen molar-refractivity contribution < 1.29 is 9.18 Å². The summed E-state index contributed by atoms with van der Waals surface area (Å²) in [7, 11) is 0. The van der Waals surface area contributed by atoms with Crippen molar-refractivity contribution in [2.75, 3.05) is 23.3 Å². The number of nitrogens with zero attached hydrogens (tertiary/aromatic N) is 3. The zero-order valence-corrected chi connectivity index (χ0v) is 14.3. The van der Waals surface area contributed by atoms with Crippen LogP contribution in [0.15, 0.2) is 24.4 Å². The van der Waals surface area contributed by atoms with Crippen molar-refractivity contribution in [2.24, 2.45) is 5.92 Å². The predicted molar refractivity (Wildman–Crippen MR) is 95.2 cm³/mol. The molecular weight excluding hydrogens is 333 g/mol. The van der Waals surface area contributed by atoms with Crippen LogP contribution in [0.4, 0.5) is 16.0 Å². The lowest BCUT2D eigenvalue weighted by Gasteiger charge is -2.33. The molecule has 2 heterocycles. The summed E-state index contributed by atoms with van der Waals surface area (Å²) in [6.45, 7) is 1.21. The maximum absolute atomic E-state index is 14.2. The molecule has 0 radical (unpaired) electrons. The summed E-state index contributed by atoms with van der Waals surface area (Å²) >= 11 is 0. The number of nitriles is 1. The van der Waals surface area contributed by atoms with Crippen molar-refractivity contribution in [1.29, 1.82) is 5.26 Å². The monoisotopic (exact) mass is 353 g/mol. The number of aromatic nitrogens is 2. The van der Waals surface area contributed by atoms with Crippen molar-refractivity contribution in [3.05, 3.63) is 41.5 Å². The number of nitrogens with one attached hydrogen (secondary N) is 2. The van der Waals surface area contributed by atoms with Crippen LogP contribution >= 0.6 is 0 Å². The second-order valence-corrected chi connectivity index (χ2v) is 6.99. The second-order valence-electron chi connectivity index (χ2n) is 6.99. The molecule has 7 heteroatoms. The lowest BCUT2D eigenvalue weighted by Crippen LogP contribution is -2.38. The van der Waals surface area contributed by atoms with Gasteiger partial charge in [0.15, 0.2) is 0 Å². The van der Waals surface area contributed by atoms with Crippen LogP contribution in [-0.4, -0.2) is 29.0 Å². The van der Waals surface area contributed by atoms with Crippen molar-refractivity contribution >= 4 is 17.5 Å². The second kappa shape index (κ2) is 6.79. The predicted octanol–water partition coefficient (Wildman–Crippen LogP) is 3.15. The number of H-pyrrole nitrogens is 1. The van der Waals surface area contributed by atoms with Gasteiger partial charge in [0.25, 0.3) is 0 Å². The van der Waals surface area contributed by atoms with Crippen LogP contribution in [0.25, 0.3) is 0 Å². The molecule has 6 nitrogen and oxygen atoms in total. The molecule has 0 unspecified atom stereocenters. The Kier molecular flexibility index (Phi) is 4.33. The fourth-order valence-electron chi connectivity index (χ4n) is 3.43. The number of imidazole rings is 1. The largest absolute Gasteiger partial charge is 0.369 e. The van der Waals surface area contributed by atoms with E-state index in [9.17, 15) is 9.18 Å². The number of carbonyl (C=O) groups is 1. The third-order valence-electron chi connectivity index (χ3n) is 5.14. The number of benzene rings is 1. The Bertz CT molecular complexity index is 859. The first kappa shape index (κ1) is 16.6. The van der Waals surface area contributed by atoms with E-state index in [1.165, 1.54) is 18.9 Å². The summed E-state index contributed by atoms with van der Waals surface area (Å²) in [5.41, 5.74) is 1.89. The first-order valence-electron chi connectivity index (χ1n) is 8.94. The van der Waals surface area contributed by atoms with Gasteiger partial charge in [-0.1, -0.05) is 0 Å². The van der Waals surface area contributed by atoms with Crippen molar-refractivity contribution in [1.82, 2.24) is 9.97 Å². The Hall–Kier alpha value is -2.88. The van der Waals surface area contributed by atoms with Crippen LogP contribution in [0.2, 0.25) is 0 Å². The van der Waals surface area contributed by atoms with Gasteiger partial charge in [0.1, 0.15) is 5.82 Å². The molecule has 1 saturated carbocycles. The van der Waals surface area contributed by atoms with Gasteiger partial charge in [-0.3, -0.25) is 10.1 Å². The minimum absolute atomic E-state index is 0.0401. The first-order valence-corrected chi connectivity index (χ1v) is 8.94. The third-order valence-corrected chi connectivity index (χ3v) is 5.14. The van der Waals surface area contributed by atoms with Crippen LogP contribution in [0.5, 0.6) is 0 Å². The molecule has 2 fully saturated rings. The lowest BCUT2D eigenvalue weighted by atomic mass is 9.95. The number of carbonyl (C=O) groups excluding carboxylic acids is 1. The molecule has 2 N–H and O–H groups in total. The Morgan fingerprint density at radius 1 is 1.31 bits per heavy atom. The zero-order chi connectivity index (χ0) is 18.1. The minimum atomic E-state index is -0.393. The van der Waals surface area contributed by atoms with Crippen molar-refractivity contribution in [3.63, 3.8) is 0 Å². The fraction of sp³-hybridized carbons (Fsp3) is 0.421. The number of hydrogen-bond acceptors (Lipinski definition) is 4. The number of piperidine rings is 1. The third kappa shape index (κ3) is 3.40. The maximum Gasteiger partial charge on any atom is 0.229 e. The van der Waals surface area contributed by atoms with E-state index in [1.807, 2.05) is 11.0 Å². The van der Waals surface area contributed by atoms with E-state index < -0.39 is 5.82 Å². The molecule has 1 saturated heterocycles. The Labute approximate surface area is 151 Å². The zero-order valence-electron chi connectivity index (χ0n) is 14.3. The van der Waals surface area contributed by atoms with Crippen LogP contribution in [0.1, 0.15) is 42.9 Å². The Morgan fingerprint density at radius 2 is 2.08 bits per heavy atom. The van der Waals surface area contributed by atoms with E-state index >= 15 is 0 Å². The Balaban J connectivity index is 1.34. The molecule has 1 aromatic heterocycles. The van der Waals surface area contributed by atoms with Gasteiger partial charge in [-0.2, -0.15) is 5.26 Å². The lowest BCUT2D eigenvalue weighted by molar-refractivity contribution is -0.120. The van der Waals surface area contributed by atoms with Gasteiger partial charge in [0.2, 0.25) is 11.9 Å². The van der Waals surface area contributed by atoms with Gasteiger partial charge in [0.05, 0.1) is 23.5 Å². The molecule has 0 spiro atoms. The molecule has 1 aromatic carbocycles. The molecule has 1 aliphatic heterocycles. The average molecular weight is 353 g/mol. The summed E-state index contributed by atoms with van der Waals surface area (Å²) in [4.78, 5) is 21.8. The van der Waals surface area contributed by atoms with Crippen LogP contribution in [0, 0.1) is 23.1 Å². The quantitative estimate of drug-likeness (QED) is 0.884. The SMILES string of the molecule is N#Cc1ccc(N2CCC(C(=O)Nc3ncc(C4CC4)[nH]3)CC2)c(F)c1. The molecule has 0 bridgehead atoms. The van der Waals surface area contributed by atoms with Gasteiger partial charge in [0, 0.05) is 30.6 Å². The van der Waals surface area contributed by atoms with E-state index in [-0.39, 0.29) is 11.8 Å². The highest BCUT2D eigenvalue weighted by Crippen LogP contribution is 2.39. The fourth-order valence-corrected chi connectivity index (χ4v) is 3.43. The first-order chi connectivity index (χ1) is 12.6. The summed E-state index contributed by atoms with van der Waals surface area (Å²) in [5.74, 6) is 0.537. The number of amides is 1. The van der Waals surface area contributed by atoms with E-state index in [4.69, 9.17) is 5.26 Å². The maximum atomic E-state index is 14.2. The van der Waals surface area contributed by atoms with Gasteiger partial charge in [-0.15, -0.1) is 0 Å². The number of rotatable bonds is 4. The number of hydrogen-bond donors (Lipinski definition) is 2. The highest BCUT2D eigenvalue weighted by Gasteiger charge is 2.28. The number of halogens is 1. The summed E-state index contributed by atoms with van der Waals surface area (Å²) in [6.07, 6.45) is 5.46. The standard InChI is InChI=1S/C19H20FN5O/c20-15-9-12(10-21)1-4-17(15)25-7-5-14(6-8-25)18(26)24-19-22-11-16(23-19)13-2-3-13/h1,4,9,11,13-14H,2-3,5-8H2,(H2,22,23,24,26). The summed E-state index contributed by atoms with van der Waals surface area (Å²) in [6, 6.07) is 6.44. The molecular formula is C19H20FN5O. The van der Waals surface area contributed by atoms with E-state index in [0.717, 1.165) is 5.69 Å². The molecule has 1 amide bonds. The Morgan fingerprint density at radius 3 is 2.73 bits per heavy atom. The smallest absolute Gasteiger partial charge is 0.229 e. The minimum Gasteiger partial charge on any atom is -0.369 e. The molecule has 0 atom stereocenters. The molecule has 4 rings (SSSR count). The van der Waals surface area contributed by atoms with Crippen LogP contribution < -0.4 is 10.2 Å². The van der Waals surface area contributed by atoms with Gasteiger partial charge in [-0.25, -0.2) is 9.37 Å². The molecule has 1 aliphatic carbocycles. The van der Waals surface area contributed by atoms with Crippen molar-refractivity contribution in [2.45, 2.75) is 31.6 Å². The summed E-state index contributed by atoms with van der Waals surface area (Å²) in [5, 5.41) is 11.7. The molecule has 134 valence electrons. The van der Waals surface area contributed by atoms with E-state index in [1.54, 1.807) is 18.3 Å². The van der Waals surface area contributed by atoms with Gasteiger partial charge < -0.3 is 9.88 Å². The molecule has 2 aliphatic rings. The van der Waals surface area contributed by atoms with Crippen molar-refractivity contribution in [3.8, 4) is 6.07 Å². The molecule has 26 heavy (non-hydrogen) atoms. The summed E-state index contributed by atoms with van der Waals surface area (Å²) < 4.78 is 14.2. The number of anilines is 2. The van der Waals surface area contributed by atoms with Crippen LogP contribution in [-0.2, 0) is 4.79 Å². The normalized spacial score (nSPS) is 17.8. The molecule has 2 aromatic rings. The average Bonchev–Trinajstić information content (AvgIpc) is 3.41. The number of aromatic amines is 1. The van der Waals surface area contributed by atoms with Crippen LogP contribution in [0.3, 0.4) is 0 Å². The van der Waals surface area contributed by atoms with E-state index in [2.05, 4.69) is 15.3 Å². The van der Waals surface area contributed by atoms with Gasteiger partial charge >= 0.3 is 0 Å². The highest BCUT2D eigenvalue weighted by atomic mass is 19.1. The van der Waals surface area contributed by atoms with Gasteiger partial charge in [-0.05, 0) is 43.9 Å².